The van der Waals surface area contributed by atoms with Crippen LogP contribution in [-0.2, 0) is 17.6 Å². The van der Waals surface area contributed by atoms with Crippen LogP contribution in [0.1, 0.15) is 18.1 Å². The van der Waals surface area contributed by atoms with Crippen molar-refractivity contribution in [3.63, 3.8) is 0 Å². The highest BCUT2D eigenvalue weighted by Gasteiger charge is 2.17. The second kappa shape index (κ2) is 5.64. The van der Waals surface area contributed by atoms with Crippen molar-refractivity contribution in [1.29, 1.82) is 0 Å². The van der Waals surface area contributed by atoms with Gasteiger partial charge in [-0.1, -0.05) is 37.3 Å². The van der Waals surface area contributed by atoms with Crippen LogP contribution in [0.15, 0.2) is 42.5 Å². The number of aromatic amines is 1. The summed E-state index contributed by atoms with van der Waals surface area (Å²) in [6.07, 6.45) is 0.742. The number of aromatic nitrogens is 1. The fourth-order valence-corrected chi connectivity index (χ4v) is 2.85. The summed E-state index contributed by atoms with van der Waals surface area (Å²) in [6.45, 7) is 2.05. The molecule has 3 rings (SSSR count). The van der Waals surface area contributed by atoms with Gasteiger partial charge in [0.05, 0.1) is 12.1 Å². The fourth-order valence-electron chi connectivity index (χ4n) is 2.85. The van der Waals surface area contributed by atoms with Crippen LogP contribution in [0.4, 0.5) is 4.39 Å². The lowest BCUT2D eigenvalue weighted by molar-refractivity contribution is -0.136. The molecule has 0 aliphatic rings. The van der Waals surface area contributed by atoms with Crippen molar-refractivity contribution in [3.8, 4) is 11.3 Å². The molecule has 2 aromatic carbocycles. The minimum absolute atomic E-state index is 0.0982. The molecule has 0 aliphatic heterocycles. The predicted octanol–water partition coefficient (Wildman–Crippen LogP) is 4.16. The maximum atomic E-state index is 13.5. The molecule has 3 aromatic rings. The van der Waals surface area contributed by atoms with Crippen molar-refractivity contribution in [3.05, 3.63) is 59.4 Å². The maximum Gasteiger partial charge on any atom is 0.307 e. The summed E-state index contributed by atoms with van der Waals surface area (Å²) in [5.74, 6) is -1.24. The second-order valence-corrected chi connectivity index (χ2v) is 5.25. The molecule has 4 heteroatoms. The highest BCUT2D eigenvalue weighted by Crippen LogP contribution is 2.32. The number of fused-ring (bicyclic) bond motifs is 1. The summed E-state index contributed by atoms with van der Waals surface area (Å²) in [5.41, 5.74) is 4.09. The third kappa shape index (κ3) is 2.48. The summed E-state index contributed by atoms with van der Waals surface area (Å²) in [5, 5.41) is 10.1. The van der Waals surface area contributed by atoms with E-state index < -0.39 is 5.97 Å². The Morgan fingerprint density at radius 3 is 2.68 bits per heavy atom. The van der Waals surface area contributed by atoms with Gasteiger partial charge >= 0.3 is 5.97 Å². The third-order valence-corrected chi connectivity index (χ3v) is 3.85. The molecule has 22 heavy (non-hydrogen) atoms. The second-order valence-electron chi connectivity index (χ2n) is 5.25. The Bertz CT molecular complexity index is 851. The number of nitrogens with one attached hydrogen (secondary N) is 1. The number of hydrogen-bond donors (Lipinski definition) is 2. The number of aliphatic carboxylic acids is 1. The van der Waals surface area contributed by atoms with Gasteiger partial charge in [0.25, 0.3) is 0 Å². The maximum absolute atomic E-state index is 13.5. The number of benzene rings is 2. The first-order chi connectivity index (χ1) is 10.6. The first kappa shape index (κ1) is 14.3. The zero-order valence-corrected chi connectivity index (χ0v) is 12.2. The SMILES string of the molecule is CCc1cccc2c(CC(=O)O)c(-c3cccc(F)c3)[nH]c12. The molecular weight excluding hydrogens is 281 g/mol. The predicted molar refractivity (Wildman–Crippen MR) is 84.4 cm³/mol. The standard InChI is InChI=1S/C18H16FNO2/c1-2-11-5-4-8-14-15(10-16(21)22)18(20-17(11)14)12-6-3-7-13(19)9-12/h3-9,20H,2,10H2,1H3,(H,21,22). The van der Waals surface area contributed by atoms with Gasteiger partial charge in [0.1, 0.15) is 5.82 Å². The van der Waals surface area contributed by atoms with Crippen LogP contribution in [0, 0.1) is 5.82 Å². The van der Waals surface area contributed by atoms with E-state index in [1.807, 2.05) is 25.1 Å². The van der Waals surface area contributed by atoms with Gasteiger partial charge < -0.3 is 10.1 Å². The van der Waals surface area contributed by atoms with Gasteiger partial charge in [-0.15, -0.1) is 0 Å². The molecule has 0 amide bonds. The van der Waals surface area contributed by atoms with Crippen LogP contribution in [0.2, 0.25) is 0 Å². The minimum atomic E-state index is -0.902. The number of carbonyl (C=O) groups is 1. The molecular formula is C18H16FNO2. The Labute approximate surface area is 127 Å². The molecule has 3 nitrogen and oxygen atoms in total. The van der Waals surface area contributed by atoms with Crippen LogP contribution >= 0.6 is 0 Å². The lowest BCUT2D eigenvalue weighted by Gasteiger charge is -2.03. The number of halogens is 1. The van der Waals surface area contributed by atoms with E-state index in [0.29, 0.717) is 16.8 Å². The highest BCUT2D eigenvalue weighted by atomic mass is 19.1. The summed E-state index contributed by atoms with van der Waals surface area (Å²) < 4.78 is 13.5. The van der Waals surface area contributed by atoms with E-state index in [4.69, 9.17) is 0 Å². The molecule has 0 fully saturated rings. The Balaban J connectivity index is 2.30. The molecule has 0 saturated carbocycles. The van der Waals surface area contributed by atoms with E-state index in [-0.39, 0.29) is 12.2 Å². The number of para-hydroxylation sites is 1. The van der Waals surface area contributed by atoms with Gasteiger partial charge in [0, 0.05) is 16.5 Å². The Morgan fingerprint density at radius 2 is 2.00 bits per heavy atom. The molecule has 2 N–H and O–H groups in total. The number of carboxylic acids is 1. The van der Waals surface area contributed by atoms with E-state index in [1.54, 1.807) is 12.1 Å². The van der Waals surface area contributed by atoms with E-state index in [1.165, 1.54) is 12.1 Å². The zero-order chi connectivity index (χ0) is 15.7. The van der Waals surface area contributed by atoms with Crippen molar-refractivity contribution in [2.45, 2.75) is 19.8 Å². The van der Waals surface area contributed by atoms with E-state index in [9.17, 15) is 14.3 Å². The van der Waals surface area contributed by atoms with Gasteiger partial charge in [-0.2, -0.15) is 0 Å². The largest absolute Gasteiger partial charge is 0.481 e. The molecule has 112 valence electrons. The van der Waals surface area contributed by atoms with Gasteiger partial charge in [-0.25, -0.2) is 4.39 Å². The number of hydrogen-bond acceptors (Lipinski definition) is 1. The minimum Gasteiger partial charge on any atom is -0.481 e. The average Bonchev–Trinajstić information content (AvgIpc) is 2.85. The first-order valence-corrected chi connectivity index (χ1v) is 7.20. The Morgan fingerprint density at radius 1 is 1.23 bits per heavy atom. The van der Waals surface area contributed by atoms with Gasteiger partial charge in [-0.05, 0) is 29.7 Å². The smallest absolute Gasteiger partial charge is 0.307 e. The molecule has 0 aliphatic carbocycles. The monoisotopic (exact) mass is 297 g/mol. The first-order valence-electron chi connectivity index (χ1n) is 7.20. The molecule has 1 aromatic heterocycles. The topological polar surface area (TPSA) is 53.1 Å². The Kier molecular flexibility index (Phi) is 3.67. The number of carboxylic acid groups (broad SMARTS) is 1. The molecule has 0 radical (unpaired) electrons. The fraction of sp³-hybridized carbons (Fsp3) is 0.167. The average molecular weight is 297 g/mol. The normalized spacial score (nSPS) is 11.0. The van der Waals surface area contributed by atoms with E-state index in [2.05, 4.69) is 4.98 Å². The molecule has 0 spiro atoms. The molecule has 0 atom stereocenters. The summed E-state index contributed by atoms with van der Waals surface area (Å²) in [4.78, 5) is 14.5. The highest BCUT2D eigenvalue weighted by molar-refractivity contribution is 5.95. The summed E-state index contributed by atoms with van der Waals surface area (Å²) in [7, 11) is 0. The third-order valence-electron chi connectivity index (χ3n) is 3.85. The Hall–Kier alpha value is -2.62. The van der Waals surface area contributed by atoms with Gasteiger partial charge in [-0.3, -0.25) is 4.79 Å². The van der Waals surface area contributed by atoms with Crippen LogP contribution in [0.3, 0.4) is 0 Å². The summed E-state index contributed by atoms with van der Waals surface area (Å²) in [6, 6.07) is 12.1. The van der Waals surface area contributed by atoms with Crippen molar-refractivity contribution >= 4 is 16.9 Å². The van der Waals surface area contributed by atoms with Crippen LogP contribution < -0.4 is 0 Å². The van der Waals surface area contributed by atoms with Crippen molar-refractivity contribution in [2.24, 2.45) is 0 Å². The summed E-state index contributed by atoms with van der Waals surface area (Å²) >= 11 is 0. The quantitative estimate of drug-likeness (QED) is 0.759. The molecule has 1 heterocycles. The molecule has 0 unspecified atom stereocenters. The van der Waals surface area contributed by atoms with Gasteiger partial charge in [0.15, 0.2) is 0 Å². The van der Waals surface area contributed by atoms with E-state index >= 15 is 0 Å². The number of H-pyrrole nitrogens is 1. The number of aryl methyl sites for hydroxylation is 1. The molecule has 0 bridgehead atoms. The van der Waals surface area contributed by atoms with Crippen LogP contribution in [-0.4, -0.2) is 16.1 Å². The van der Waals surface area contributed by atoms with Gasteiger partial charge in [0.2, 0.25) is 0 Å². The lowest BCUT2D eigenvalue weighted by atomic mass is 10.0. The zero-order valence-electron chi connectivity index (χ0n) is 12.2. The van der Waals surface area contributed by atoms with Crippen LogP contribution in [0.25, 0.3) is 22.2 Å². The van der Waals surface area contributed by atoms with Crippen molar-refractivity contribution in [1.82, 2.24) is 4.98 Å². The molecule has 0 saturated heterocycles. The van der Waals surface area contributed by atoms with Crippen LogP contribution in [0.5, 0.6) is 0 Å². The lowest BCUT2D eigenvalue weighted by Crippen LogP contribution is -2.01. The number of rotatable bonds is 4. The van der Waals surface area contributed by atoms with E-state index in [0.717, 1.165) is 22.9 Å². The van der Waals surface area contributed by atoms with Crippen molar-refractivity contribution < 1.29 is 14.3 Å². The van der Waals surface area contributed by atoms with Crippen molar-refractivity contribution in [2.75, 3.05) is 0 Å².